The van der Waals surface area contributed by atoms with Crippen molar-refractivity contribution in [2.75, 3.05) is 5.75 Å². The Balaban J connectivity index is 2.24. The zero-order valence-corrected chi connectivity index (χ0v) is 9.62. The molecule has 0 saturated carbocycles. The van der Waals surface area contributed by atoms with E-state index in [-0.39, 0.29) is 0 Å². The number of rotatable bonds is 4. The predicted molar refractivity (Wildman–Crippen MR) is 59.7 cm³/mol. The first-order chi connectivity index (χ1) is 7.33. The van der Waals surface area contributed by atoms with Crippen LogP contribution in [0.5, 0.6) is 0 Å². The van der Waals surface area contributed by atoms with Crippen molar-refractivity contribution >= 4 is 11.8 Å². The van der Waals surface area contributed by atoms with Crippen molar-refractivity contribution in [3.05, 3.63) is 18.4 Å². The quantitative estimate of drug-likeness (QED) is 0.747. The van der Waals surface area contributed by atoms with E-state index in [1.165, 1.54) is 0 Å². The van der Waals surface area contributed by atoms with E-state index in [9.17, 15) is 0 Å². The molecule has 0 radical (unpaired) electrons. The first-order valence-electron chi connectivity index (χ1n) is 4.89. The van der Waals surface area contributed by atoms with E-state index in [1.54, 1.807) is 18.0 Å². The average Bonchev–Trinajstić information content (AvgIpc) is 2.84. The van der Waals surface area contributed by atoms with Crippen LogP contribution in [0.25, 0.3) is 11.6 Å². The highest BCUT2D eigenvalue weighted by Gasteiger charge is 2.12. The molecular formula is C10H13N3OS. The van der Waals surface area contributed by atoms with E-state index in [0.29, 0.717) is 0 Å². The third kappa shape index (κ3) is 2.07. The van der Waals surface area contributed by atoms with E-state index in [2.05, 4.69) is 17.1 Å². The topological polar surface area (TPSA) is 43.9 Å². The lowest BCUT2D eigenvalue weighted by atomic mass is 10.4. The Kier molecular flexibility index (Phi) is 3.11. The summed E-state index contributed by atoms with van der Waals surface area (Å²) in [5.41, 5.74) is 0. The molecule has 0 amide bonds. The Hall–Kier alpha value is -1.23. The minimum absolute atomic E-state index is 0.758. The number of hydrogen-bond acceptors (Lipinski definition) is 4. The molecule has 0 bridgehead atoms. The predicted octanol–water partition coefficient (Wildman–Crippen LogP) is 2.58. The van der Waals surface area contributed by atoms with Gasteiger partial charge in [-0.05, 0) is 18.6 Å². The van der Waals surface area contributed by atoms with Crippen molar-refractivity contribution in [2.45, 2.75) is 18.5 Å². The molecule has 0 aliphatic heterocycles. The van der Waals surface area contributed by atoms with Gasteiger partial charge < -0.3 is 8.98 Å². The van der Waals surface area contributed by atoms with Gasteiger partial charge in [0.15, 0.2) is 16.7 Å². The largest absolute Gasteiger partial charge is 0.461 e. The summed E-state index contributed by atoms with van der Waals surface area (Å²) in [6.45, 7) is 2.15. The molecule has 0 aliphatic rings. The van der Waals surface area contributed by atoms with E-state index < -0.39 is 0 Å². The highest BCUT2D eigenvalue weighted by molar-refractivity contribution is 7.99. The smallest absolute Gasteiger partial charge is 0.200 e. The highest BCUT2D eigenvalue weighted by Crippen LogP contribution is 2.22. The van der Waals surface area contributed by atoms with Gasteiger partial charge in [0.2, 0.25) is 0 Å². The Morgan fingerprint density at radius 2 is 2.33 bits per heavy atom. The van der Waals surface area contributed by atoms with Gasteiger partial charge in [-0.2, -0.15) is 0 Å². The third-order valence-electron chi connectivity index (χ3n) is 2.01. The number of nitrogens with zero attached hydrogens (tertiary/aromatic N) is 3. The summed E-state index contributed by atoms with van der Waals surface area (Å²) >= 11 is 1.71. The van der Waals surface area contributed by atoms with Gasteiger partial charge in [0.25, 0.3) is 0 Å². The summed E-state index contributed by atoms with van der Waals surface area (Å²) in [6, 6.07) is 3.74. The SMILES string of the molecule is CCCSc1nnc(-c2ccco2)n1C. The van der Waals surface area contributed by atoms with E-state index in [0.717, 1.165) is 28.9 Å². The molecule has 4 nitrogen and oxygen atoms in total. The summed E-state index contributed by atoms with van der Waals surface area (Å²) in [7, 11) is 1.95. The van der Waals surface area contributed by atoms with Crippen molar-refractivity contribution in [2.24, 2.45) is 7.05 Å². The monoisotopic (exact) mass is 223 g/mol. The summed E-state index contributed by atoms with van der Waals surface area (Å²) in [5, 5.41) is 9.17. The molecule has 0 aliphatic carbocycles. The lowest BCUT2D eigenvalue weighted by Crippen LogP contribution is -1.94. The van der Waals surface area contributed by atoms with Crippen LogP contribution in [-0.2, 0) is 7.05 Å². The molecule has 2 aromatic heterocycles. The van der Waals surface area contributed by atoms with Crippen molar-refractivity contribution in [3.63, 3.8) is 0 Å². The molecule has 0 unspecified atom stereocenters. The number of aromatic nitrogens is 3. The molecule has 80 valence electrons. The van der Waals surface area contributed by atoms with E-state index >= 15 is 0 Å². The van der Waals surface area contributed by atoms with Gasteiger partial charge >= 0.3 is 0 Å². The zero-order chi connectivity index (χ0) is 10.7. The fourth-order valence-electron chi connectivity index (χ4n) is 1.25. The standard InChI is InChI=1S/C10H13N3OS/c1-3-7-15-10-12-11-9(13(10)2)8-5-4-6-14-8/h4-6H,3,7H2,1-2H3. The van der Waals surface area contributed by atoms with Crippen LogP contribution in [-0.4, -0.2) is 20.5 Å². The van der Waals surface area contributed by atoms with Crippen LogP contribution >= 0.6 is 11.8 Å². The maximum atomic E-state index is 5.29. The summed E-state index contributed by atoms with van der Waals surface area (Å²) < 4.78 is 7.24. The van der Waals surface area contributed by atoms with Crippen LogP contribution < -0.4 is 0 Å². The second kappa shape index (κ2) is 4.53. The lowest BCUT2D eigenvalue weighted by molar-refractivity contribution is 0.572. The molecule has 2 aromatic rings. The summed E-state index contributed by atoms with van der Waals surface area (Å²) in [6.07, 6.45) is 2.77. The van der Waals surface area contributed by atoms with Crippen molar-refractivity contribution < 1.29 is 4.42 Å². The molecule has 2 heterocycles. The van der Waals surface area contributed by atoms with Crippen molar-refractivity contribution in [1.82, 2.24) is 14.8 Å². The Labute approximate surface area is 92.7 Å². The van der Waals surface area contributed by atoms with E-state index in [4.69, 9.17) is 4.42 Å². The highest BCUT2D eigenvalue weighted by atomic mass is 32.2. The normalized spacial score (nSPS) is 10.8. The molecular weight excluding hydrogens is 210 g/mol. The summed E-state index contributed by atoms with van der Waals surface area (Å²) in [5.74, 6) is 2.59. The average molecular weight is 223 g/mol. The van der Waals surface area contributed by atoms with E-state index in [1.807, 2.05) is 23.7 Å². The van der Waals surface area contributed by atoms with Gasteiger partial charge in [0.05, 0.1) is 6.26 Å². The van der Waals surface area contributed by atoms with Crippen molar-refractivity contribution in [1.29, 1.82) is 0 Å². The minimum Gasteiger partial charge on any atom is -0.461 e. The van der Waals surface area contributed by atoms with Crippen LogP contribution in [0.1, 0.15) is 13.3 Å². The van der Waals surface area contributed by atoms with Crippen molar-refractivity contribution in [3.8, 4) is 11.6 Å². The maximum absolute atomic E-state index is 5.29. The first-order valence-corrected chi connectivity index (χ1v) is 5.87. The summed E-state index contributed by atoms with van der Waals surface area (Å²) in [4.78, 5) is 0. The molecule has 15 heavy (non-hydrogen) atoms. The van der Waals surface area contributed by atoms with Gasteiger partial charge in [-0.3, -0.25) is 0 Å². The van der Waals surface area contributed by atoms with Crippen LogP contribution in [0.3, 0.4) is 0 Å². The molecule has 0 spiro atoms. The van der Waals surface area contributed by atoms with Gasteiger partial charge in [0, 0.05) is 12.8 Å². The number of furan rings is 1. The van der Waals surface area contributed by atoms with Crippen LogP contribution in [0.4, 0.5) is 0 Å². The molecule has 0 saturated heterocycles. The second-order valence-corrected chi connectivity index (χ2v) is 4.25. The third-order valence-corrected chi connectivity index (χ3v) is 3.24. The Bertz CT molecular complexity index is 422. The lowest BCUT2D eigenvalue weighted by Gasteiger charge is -2.00. The molecule has 2 rings (SSSR count). The van der Waals surface area contributed by atoms with Crippen LogP contribution in [0.15, 0.2) is 28.0 Å². The molecule has 0 aromatic carbocycles. The molecule has 0 N–H and O–H groups in total. The fraction of sp³-hybridized carbons (Fsp3) is 0.400. The van der Waals surface area contributed by atoms with Gasteiger partial charge in [-0.15, -0.1) is 10.2 Å². The Morgan fingerprint density at radius 1 is 1.47 bits per heavy atom. The fourth-order valence-corrected chi connectivity index (χ4v) is 2.02. The molecule has 5 heteroatoms. The number of thioether (sulfide) groups is 1. The van der Waals surface area contributed by atoms with Gasteiger partial charge in [-0.25, -0.2) is 0 Å². The molecule has 0 fully saturated rings. The number of hydrogen-bond donors (Lipinski definition) is 0. The molecule has 0 atom stereocenters. The second-order valence-electron chi connectivity index (χ2n) is 3.19. The van der Waals surface area contributed by atoms with Gasteiger partial charge in [-0.1, -0.05) is 18.7 Å². The van der Waals surface area contributed by atoms with Crippen LogP contribution in [0, 0.1) is 0 Å². The maximum Gasteiger partial charge on any atom is 0.200 e. The first kappa shape index (κ1) is 10.3. The van der Waals surface area contributed by atoms with Crippen LogP contribution in [0.2, 0.25) is 0 Å². The minimum atomic E-state index is 0.758. The zero-order valence-electron chi connectivity index (χ0n) is 8.80. The van der Waals surface area contributed by atoms with Gasteiger partial charge in [0.1, 0.15) is 0 Å². The Morgan fingerprint density at radius 3 is 3.00 bits per heavy atom.